The van der Waals surface area contributed by atoms with Gasteiger partial charge in [-0.2, -0.15) is 0 Å². The van der Waals surface area contributed by atoms with Crippen LogP contribution < -0.4 is 0 Å². The SMILES string of the molecule is CCOC(OCC)C(=O)C(C)C. The lowest BCUT2D eigenvalue weighted by Gasteiger charge is -2.17. The summed E-state index contributed by atoms with van der Waals surface area (Å²) in [5.41, 5.74) is 0. The lowest BCUT2D eigenvalue weighted by Crippen LogP contribution is -2.31. The third kappa shape index (κ3) is 3.83. The predicted octanol–water partition coefficient (Wildman–Crippen LogP) is 1.61. The first-order chi connectivity index (χ1) is 5.63. The molecule has 0 N–H and O–H groups in total. The summed E-state index contributed by atoms with van der Waals surface area (Å²) in [5, 5.41) is 0. The minimum atomic E-state index is -0.667. The van der Waals surface area contributed by atoms with Crippen LogP contribution in [0.1, 0.15) is 27.7 Å². The number of Topliss-reactive ketones (excluding diaryl/α,β-unsaturated/α-hetero) is 1. The van der Waals surface area contributed by atoms with E-state index in [2.05, 4.69) is 0 Å². The van der Waals surface area contributed by atoms with Crippen molar-refractivity contribution < 1.29 is 14.3 Å². The molecule has 0 spiro atoms. The van der Waals surface area contributed by atoms with Crippen LogP contribution in [0.3, 0.4) is 0 Å². The Morgan fingerprint density at radius 3 is 1.83 bits per heavy atom. The number of hydrogen-bond donors (Lipinski definition) is 0. The maximum Gasteiger partial charge on any atom is 0.218 e. The van der Waals surface area contributed by atoms with Crippen LogP contribution in [0.2, 0.25) is 0 Å². The first-order valence-electron chi connectivity index (χ1n) is 4.40. The summed E-state index contributed by atoms with van der Waals surface area (Å²) in [5.74, 6) is -0.0215. The highest BCUT2D eigenvalue weighted by atomic mass is 16.7. The fraction of sp³-hybridized carbons (Fsp3) is 0.889. The van der Waals surface area contributed by atoms with Crippen LogP contribution in [0, 0.1) is 5.92 Å². The van der Waals surface area contributed by atoms with E-state index in [-0.39, 0.29) is 11.7 Å². The lowest BCUT2D eigenvalue weighted by molar-refractivity contribution is -0.170. The molecule has 0 radical (unpaired) electrons. The van der Waals surface area contributed by atoms with Gasteiger partial charge in [-0.25, -0.2) is 0 Å². The lowest BCUT2D eigenvalue weighted by atomic mass is 10.1. The quantitative estimate of drug-likeness (QED) is 0.574. The van der Waals surface area contributed by atoms with Crippen LogP contribution in [0.4, 0.5) is 0 Å². The first kappa shape index (κ1) is 11.6. The number of ether oxygens (including phenoxy) is 2. The normalized spacial score (nSPS) is 11.2. The molecule has 0 aliphatic carbocycles. The molecule has 0 aliphatic rings. The van der Waals surface area contributed by atoms with Crippen molar-refractivity contribution in [1.82, 2.24) is 0 Å². The molecule has 3 heteroatoms. The van der Waals surface area contributed by atoms with Gasteiger partial charge in [0.15, 0.2) is 5.78 Å². The Hall–Kier alpha value is -0.410. The second-order valence-corrected chi connectivity index (χ2v) is 2.80. The maximum absolute atomic E-state index is 11.4. The predicted molar refractivity (Wildman–Crippen MR) is 46.9 cm³/mol. The molecule has 12 heavy (non-hydrogen) atoms. The van der Waals surface area contributed by atoms with E-state index in [1.165, 1.54) is 0 Å². The van der Waals surface area contributed by atoms with Crippen LogP contribution in [-0.2, 0) is 14.3 Å². The van der Waals surface area contributed by atoms with Crippen LogP contribution in [0.5, 0.6) is 0 Å². The second kappa shape index (κ2) is 6.14. The molecular weight excluding hydrogens is 156 g/mol. The molecule has 0 heterocycles. The zero-order chi connectivity index (χ0) is 9.56. The summed E-state index contributed by atoms with van der Waals surface area (Å²) in [6.07, 6.45) is -0.667. The number of ketones is 1. The molecule has 0 aliphatic heterocycles. The standard InChI is InChI=1S/C9H18O3/c1-5-11-9(12-6-2)8(10)7(3)4/h7,9H,5-6H2,1-4H3. The van der Waals surface area contributed by atoms with Gasteiger partial charge in [0.1, 0.15) is 0 Å². The highest BCUT2D eigenvalue weighted by Crippen LogP contribution is 2.05. The fourth-order valence-electron chi connectivity index (χ4n) is 0.787. The molecule has 0 rings (SSSR count). The zero-order valence-corrected chi connectivity index (χ0v) is 8.29. The third-order valence-corrected chi connectivity index (χ3v) is 1.44. The van der Waals surface area contributed by atoms with Crippen LogP contribution >= 0.6 is 0 Å². The number of hydrogen-bond acceptors (Lipinski definition) is 3. The molecule has 0 aromatic rings. The number of carbonyl (C=O) groups excluding carboxylic acids is 1. The summed E-state index contributed by atoms with van der Waals surface area (Å²) in [6, 6.07) is 0. The van der Waals surface area contributed by atoms with Crippen LogP contribution in [0.25, 0.3) is 0 Å². The maximum atomic E-state index is 11.4. The van der Waals surface area contributed by atoms with Gasteiger partial charge in [-0.15, -0.1) is 0 Å². The Morgan fingerprint density at radius 1 is 1.17 bits per heavy atom. The van der Waals surface area contributed by atoms with Gasteiger partial charge in [0.25, 0.3) is 0 Å². The minimum Gasteiger partial charge on any atom is -0.346 e. The molecule has 0 atom stereocenters. The number of rotatable bonds is 6. The van der Waals surface area contributed by atoms with Gasteiger partial charge in [-0.1, -0.05) is 13.8 Å². The highest BCUT2D eigenvalue weighted by molar-refractivity contribution is 5.83. The van der Waals surface area contributed by atoms with E-state index in [0.29, 0.717) is 13.2 Å². The van der Waals surface area contributed by atoms with Crippen molar-refractivity contribution in [2.45, 2.75) is 34.0 Å². The van der Waals surface area contributed by atoms with E-state index in [4.69, 9.17) is 9.47 Å². The minimum absolute atomic E-state index is 0.0127. The number of carbonyl (C=O) groups is 1. The van der Waals surface area contributed by atoms with Gasteiger partial charge >= 0.3 is 0 Å². The molecule has 0 aromatic heterocycles. The van der Waals surface area contributed by atoms with E-state index < -0.39 is 6.29 Å². The monoisotopic (exact) mass is 174 g/mol. The topological polar surface area (TPSA) is 35.5 Å². The van der Waals surface area contributed by atoms with E-state index in [0.717, 1.165) is 0 Å². The molecule has 0 saturated heterocycles. The smallest absolute Gasteiger partial charge is 0.218 e. The summed E-state index contributed by atoms with van der Waals surface area (Å²) in [6.45, 7) is 8.38. The Morgan fingerprint density at radius 2 is 1.58 bits per heavy atom. The molecule has 0 amide bonds. The molecule has 0 fully saturated rings. The third-order valence-electron chi connectivity index (χ3n) is 1.44. The van der Waals surface area contributed by atoms with E-state index in [9.17, 15) is 4.79 Å². The Bertz CT molecular complexity index is 126. The van der Waals surface area contributed by atoms with Crippen molar-refractivity contribution in [3.05, 3.63) is 0 Å². The summed E-state index contributed by atoms with van der Waals surface area (Å²) in [4.78, 5) is 11.4. The summed E-state index contributed by atoms with van der Waals surface area (Å²) in [7, 11) is 0. The Kier molecular flexibility index (Phi) is 5.93. The van der Waals surface area contributed by atoms with Crippen molar-refractivity contribution in [1.29, 1.82) is 0 Å². The molecule has 3 nitrogen and oxygen atoms in total. The second-order valence-electron chi connectivity index (χ2n) is 2.80. The summed E-state index contributed by atoms with van der Waals surface area (Å²) >= 11 is 0. The van der Waals surface area contributed by atoms with E-state index >= 15 is 0 Å². The average molecular weight is 174 g/mol. The molecule has 0 saturated carbocycles. The molecule has 0 unspecified atom stereocenters. The van der Waals surface area contributed by atoms with Crippen molar-refractivity contribution in [2.24, 2.45) is 5.92 Å². The van der Waals surface area contributed by atoms with Crippen molar-refractivity contribution in [2.75, 3.05) is 13.2 Å². The summed E-state index contributed by atoms with van der Waals surface area (Å²) < 4.78 is 10.3. The average Bonchev–Trinajstić information content (AvgIpc) is 2.03. The molecule has 0 bridgehead atoms. The molecule has 0 aromatic carbocycles. The Labute approximate surface area is 74.0 Å². The first-order valence-corrected chi connectivity index (χ1v) is 4.40. The van der Waals surface area contributed by atoms with Gasteiger partial charge in [0.05, 0.1) is 0 Å². The van der Waals surface area contributed by atoms with Crippen molar-refractivity contribution in [3.63, 3.8) is 0 Å². The highest BCUT2D eigenvalue weighted by Gasteiger charge is 2.21. The van der Waals surface area contributed by atoms with E-state index in [1.807, 2.05) is 27.7 Å². The molecular formula is C9H18O3. The van der Waals surface area contributed by atoms with Gasteiger partial charge in [-0.3, -0.25) is 4.79 Å². The van der Waals surface area contributed by atoms with Crippen molar-refractivity contribution >= 4 is 5.78 Å². The van der Waals surface area contributed by atoms with Gasteiger partial charge in [0, 0.05) is 19.1 Å². The van der Waals surface area contributed by atoms with Crippen LogP contribution in [-0.4, -0.2) is 25.3 Å². The van der Waals surface area contributed by atoms with Crippen molar-refractivity contribution in [3.8, 4) is 0 Å². The van der Waals surface area contributed by atoms with E-state index in [1.54, 1.807) is 0 Å². The van der Waals surface area contributed by atoms with Gasteiger partial charge in [0.2, 0.25) is 6.29 Å². The van der Waals surface area contributed by atoms with Gasteiger partial charge < -0.3 is 9.47 Å². The fourth-order valence-corrected chi connectivity index (χ4v) is 0.787. The Balaban J connectivity index is 3.99. The molecule has 72 valence electrons. The van der Waals surface area contributed by atoms with Gasteiger partial charge in [-0.05, 0) is 13.8 Å². The van der Waals surface area contributed by atoms with Crippen LogP contribution in [0.15, 0.2) is 0 Å². The largest absolute Gasteiger partial charge is 0.346 e. The zero-order valence-electron chi connectivity index (χ0n) is 8.29.